The Hall–Kier alpha value is -1.39. The molecule has 1 heterocycles. The van der Waals surface area contributed by atoms with Crippen LogP contribution in [0.15, 0.2) is 24.3 Å². The number of rotatable bonds is 4. The molecule has 0 spiro atoms. The van der Waals surface area contributed by atoms with Crippen LogP contribution in [0.2, 0.25) is 0 Å². The Morgan fingerprint density at radius 2 is 2.21 bits per heavy atom. The van der Waals surface area contributed by atoms with Crippen molar-refractivity contribution in [3.63, 3.8) is 0 Å². The van der Waals surface area contributed by atoms with Gasteiger partial charge < -0.3 is 14.7 Å². The van der Waals surface area contributed by atoms with E-state index in [1.807, 2.05) is 24.3 Å². The summed E-state index contributed by atoms with van der Waals surface area (Å²) in [6, 6.07) is 7.47. The zero-order valence-electron chi connectivity index (χ0n) is 11.3. The first-order chi connectivity index (χ1) is 9.27. The summed E-state index contributed by atoms with van der Waals surface area (Å²) in [4.78, 5) is 14.4. The predicted octanol–water partition coefficient (Wildman–Crippen LogP) is 1.82. The quantitative estimate of drug-likeness (QED) is 0.901. The minimum absolute atomic E-state index is 0.00593. The second-order valence-corrected chi connectivity index (χ2v) is 4.92. The summed E-state index contributed by atoms with van der Waals surface area (Å²) in [5.41, 5.74) is 1.59. The summed E-state index contributed by atoms with van der Waals surface area (Å²) in [6.45, 7) is 1.20. The molecular formula is C15H21NO3. The molecule has 1 N–H and O–H groups in total. The molecule has 1 fully saturated rings. The van der Waals surface area contributed by atoms with Crippen molar-refractivity contribution in [1.29, 1.82) is 0 Å². The Kier molecular flexibility index (Phi) is 4.93. The summed E-state index contributed by atoms with van der Waals surface area (Å²) in [6.07, 6.45) is 2.97. The number of ether oxygens (including phenoxy) is 1. The molecule has 1 aromatic rings. The number of hydrogen-bond donors (Lipinski definition) is 1. The number of piperidine rings is 1. The third-order valence-electron chi connectivity index (χ3n) is 3.65. The minimum Gasteiger partial charge on any atom is -0.394 e. The Bertz CT molecular complexity index is 433. The van der Waals surface area contributed by atoms with Crippen LogP contribution in [0.4, 0.5) is 0 Å². The Morgan fingerprint density at radius 1 is 1.42 bits per heavy atom. The van der Waals surface area contributed by atoms with E-state index in [4.69, 9.17) is 4.74 Å². The summed E-state index contributed by atoms with van der Waals surface area (Å²) < 4.78 is 5.14. The molecule has 0 bridgehead atoms. The lowest BCUT2D eigenvalue weighted by atomic mass is 10.00. The first-order valence-corrected chi connectivity index (χ1v) is 6.76. The molecule has 1 atom stereocenters. The molecule has 1 unspecified atom stereocenters. The molecule has 0 saturated carbocycles. The van der Waals surface area contributed by atoms with Crippen LogP contribution in [-0.2, 0) is 11.3 Å². The molecule has 104 valence electrons. The van der Waals surface area contributed by atoms with Gasteiger partial charge in [0, 0.05) is 19.2 Å². The van der Waals surface area contributed by atoms with Gasteiger partial charge in [0.1, 0.15) is 0 Å². The van der Waals surface area contributed by atoms with E-state index in [2.05, 4.69) is 0 Å². The van der Waals surface area contributed by atoms with Crippen molar-refractivity contribution in [3.8, 4) is 0 Å². The topological polar surface area (TPSA) is 49.8 Å². The smallest absolute Gasteiger partial charge is 0.254 e. The average Bonchev–Trinajstić information content (AvgIpc) is 2.47. The SMILES string of the molecule is COCc1ccccc1C(=O)N1CCCCC1CO. The van der Waals surface area contributed by atoms with E-state index in [0.29, 0.717) is 12.2 Å². The fourth-order valence-corrected chi connectivity index (χ4v) is 2.62. The lowest BCUT2D eigenvalue weighted by molar-refractivity contribution is 0.0499. The summed E-state index contributed by atoms with van der Waals surface area (Å²) in [7, 11) is 1.62. The van der Waals surface area contributed by atoms with Crippen LogP contribution in [0.3, 0.4) is 0 Å². The zero-order chi connectivity index (χ0) is 13.7. The summed E-state index contributed by atoms with van der Waals surface area (Å²) in [5, 5.41) is 9.41. The number of benzene rings is 1. The Morgan fingerprint density at radius 3 is 2.95 bits per heavy atom. The van der Waals surface area contributed by atoms with Gasteiger partial charge in [0.05, 0.1) is 19.3 Å². The van der Waals surface area contributed by atoms with Gasteiger partial charge in [-0.1, -0.05) is 18.2 Å². The fraction of sp³-hybridized carbons (Fsp3) is 0.533. The first kappa shape index (κ1) is 14.0. The highest BCUT2D eigenvalue weighted by Gasteiger charge is 2.27. The maximum atomic E-state index is 12.6. The highest BCUT2D eigenvalue weighted by molar-refractivity contribution is 5.96. The van der Waals surface area contributed by atoms with Gasteiger partial charge in [-0.2, -0.15) is 0 Å². The maximum absolute atomic E-state index is 12.6. The third-order valence-corrected chi connectivity index (χ3v) is 3.65. The van der Waals surface area contributed by atoms with Crippen LogP contribution in [0.25, 0.3) is 0 Å². The molecule has 1 aliphatic heterocycles. The van der Waals surface area contributed by atoms with Crippen molar-refractivity contribution in [3.05, 3.63) is 35.4 Å². The molecule has 1 saturated heterocycles. The predicted molar refractivity (Wildman–Crippen MR) is 72.9 cm³/mol. The van der Waals surface area contributed by atoms with Gasteiger partial charge in [0.15, 0.2) is 0 Å². The highest BCUT2D eigenvalue weighted by atomic mass is 16.5. The maximum Gasteiger partial charge on any atom is 0.254 e. The largest absolute Gasteiger partial charge is 0.394 e. The fourth-order valence-electron chi connectivity index (χ4n) is 2.62. The van der Waals surface area contributed by atoms with Gasteiger partial charge in [-0.05, 0) is 30.9 Å². The molecule has 19 heavy (non-hydrogen) atoms. The van der Waals surface area contributed by atoms with E-state index >= 15 is 0 Å². The molecule has 4 heteroatoms. The molecule has 4 nitrogen and oxygen atoms in total. The zero-order valence-corrected chi connectivity index (χ0v) is 11.3. The number of aliphatic hydroxyl groups is 1. The van der Waals surface area contributed by atoms with Crippen molar-refractivity contribution in [2.45, 2.75) is 31.9 Å². The molecule has 2 rings (SSSR count). The van der Waals surface area contributed by atoms with Crippen LogP contribution in [-0.4, -0.2) is 42.2 Å². The lowest BCUT2D eigenvalue weighted by Gasteiger charge is -2.35. The van der Waals surface area contributed by atoms with E-state index in [9.17, 15) is 9.90 Å². The van der Waals surface area contributed by atoms with Gasteiger partial charge in [0.2, 0.25) is 0 Å². The van der Waals surface area contributed by atoms with Gasteiger partial charge in [-0.3, -0.25) is 4.79 Å². The second-order valence-electron chi connectivity index (χ2n) is 4.92. The summed E-state index contributed by atoms with van der Waals surface area (Å²) >= 11 is 0. The number of nitrogens with zero attached hydrogens (tertiary/aromatic N) is 1. The molecule has 0 aliphatic carbocycles. The van der Waals surface area contributed by atoms with E-state index in [1.54, 1.807) is 12.0 Å². The molecule has 0 aromatic heterocycles. The van der Waals surface area contributed by atoms with E-state index in [0.717, 1.165) is 31.4 Å². The van der Waals surface area contributed by atoms with Crippen molar-refractivity contribution in [2.24, 2.45) is 0 Å². The van der Waals surface area contributed by atoms with Crippen LogP contribution in [0.1, 0.15) is 35.2 Å². The standard InChI is InChI=1S/C15H21NO3/c1-19-11-12-6-2-3-8-14(12)15(18)16-9-5-4-7-13(16)10-17/h2-3,6,8,13,17H,4-5,7,9-11H2,1H3. The van der Waals surface area contributed by atoms with Crippen molar-refractivity contribution in [2.75, 3.05) is 20.3 Å². The summed E-state index contributed by atoms with van der Waals surface area (Å²) in [5.74, 6) is 0.00593. The number of hydrogen-bond acceptors (Lipinski definition) is 3. The molecule has 1 aliphatic rings. The highest BCUT2D eigenvalue weighted by Crippen LogP contribution is 2.21. The molecule has 1 aromatic carbocycles. The van der Waals surface area contributed by atoms with E-state index in [1.165, 1.54) is 0 Å². The van der Waals surface area contributed by atoms with E-state index in [-0.39, 0.29) is 18.6 Å². The first-order valence-electron chi connectivity index (χ1n) is 6.76. The minimum atomic E-state index is -0.0446. The van der Waals surface area contributed by atoms with Gasteiger partial charge >= 0.3 is 0 Å². The Labute approximate surface area is 114 Å². The third kappa shape index (κ3) is 3.14. The number of aliphatic hydroxyl groups excluding tert-OH is 1. The van der Waals surface area contributed by atoms with Gasteiger partial charge in [0.25, 0.3) is 5.91 Å². The van der Waals surface area contributed by atoms with Crippen LogP contribution < -0.4 is 0 Å². The average molecular weight is 263 g/mol. The number of likely N-dealkylation sites (tertiary alicyclic amines) is 1. The van der Waals surface area contributed by atoms with Crippen molar-refractivity contribution < 1.29 is 14.6 Å². The monoisotopic (exact) mass is 263 g/mol. The molecule has 0 radical (unpaired) electrons. The lowest BCUT2D eigenvalue weighted by Crippen LogP contribution is -2.45. The van der Waals surface area contributed by atoms with Gasteiger partial charge in [-0.25, -0.2) is 0 Å². The number of carbonyl (C=O) groups excluding carboxylic acids is 1. The van der Waals surface area contributed by atoms with E-state index < -0.39 is 0 Å². The van der Waals surface area contributed by atoms with Crippen molar-refractivity contribution >= 4 is 5.91 Å². The normalized spacial score (nSPS) is 19.5. The van der Waals surface area contributed by atoms with Crippen molar-refractivity contribution in [1.82, 2.24) is 4.90 Å². The van der Waals surface area contributed by atoms with Crippen LogP contribution >= 0.6 is 0 Å². The van der Waals surface area contributed by atoms with Gasteiger partial charge in [-0.15, -0.1) is 0 Å². The number of carbonyl (C=O) groups is 1. The molecule has 1 amide bonds. The number of amides is 1. The molecular weight excluding hydrogens is 242 g/mol. The number of methoxy groups -OCH3 is 1. The Balaban J connectivity index is 2.22. The second kappa shape index (κ2) is 6.68. The van der Waals surface area contributed by atoms with Crippen LogP contribution in [0, 0.1) is 0 Å². The van der Waals surface area contributed by atoms with Crippen LogP contribution in [0.5, 0.6) is 0 Å².